The van der Waals surface area contributed by atoms with E-state index in [1.807, 2.05) is 0 Å². The van der Waals surface area contributed by atoms with Crippen LogP contribution in [0.1, 0.15) is 20.7 Å². The Morgan fingerprint density at radius 1 is 1.19 bits per heavy atom. The van der Waals surface area contributed by atoms with Gasteiger partial charge >= 0.3 is 0 Å². The molecule has 0 heterocycles. The van der Waals surface area contributed by atoms with Crippen molar-refractivity contribution >= 4 is 34.8 Å². The van der Waals surface area contributed by atoms with Crippen LogP contribution in [0.2, 0.25) is 5.02 Å². The lowest BCUT2D eigenvalue weighted by Crippen LogP contribution is -2.16. The van der Waals surface area contributed by atoms with E-state index in [0.717, 1.165) is 6.07 Å². The molecule has 2 rings (SSSR count). The summed E-state index contributed by atoms with van der Waals surface area (Å²) < 4.78 is 13.3. The van der Waals surface area contributed by atoms with E-state index in [4.69, 9.17) is 23.1 Å². The molecule has 0 spiro atoms. The molecule has 2 amide bonds. The van der Waals surface area contributed by atoms with Gasteiger partial charge in [0, 0.05) is 5.56 Å². The quantitative estimate of drug-likeness (QED) is 0.759. The molecule has 2 aromatic rings. The Hall–Kier alpha value is -2.60. The highest BCUT2D eigenvalue weighted by Crippen LogP contribution is 2.25. The number of para-hydroxylation sites is 1. The van der Waals surface area contributed by atoms with Gasteiger partial charge in [-0.3, -0.25) is 9.59 Å². The number of hydrogen-bond acceptors (Lipinski definition) is 3. The molecule has 0 unspecified atom stereocenters. The smallest absolute Gasteiger partial charge is 0.257 e. The number of anilines is 2. The minimum Gasteiger partial charge on any atom is -0.396 e. The van der Waals surface area contributed by atoms with Gasteiger partial charge in [-0.15, -0.1) is 0 Å². The zero-order valence-electron chi connectivity index (χ0n) is 10.7. The molecule has 0 aromatic heterocycles. The Morgan fingerprint density at radius 2 is 1.90 bits per heavy atom. The van der Waals surface area contributed by atoms with Gasteiger partial charge in [0.1, 0.15) is 5.82 Å². The summed E-state index contributed by atoms with van der Waals surface area (Å²) in [7, 11) is 0. The number of amides is 2. The summed E-state index contributed by atoms with van der Waals surface area (Å²) in [6.07, 6.45) is 0. The van der Waals surface area contributed by atoms with E-state index >= 15 is 0 Å². The maximum absolute atomic E-state index is 13.3. The summed E-state index contributed by atoms with van der Waals surface area (Å²) in [5.41, 5.74) is 10.7. The van der Waals surface area contributed by atoms with Gasteiger partial charge < -0.3 is 16.8 Å². The van der Waals surface area contributed by atoms with Crippen LogP contribution in [0.5, 0.6) is 0 Å². The second kappa shape index (κ2) is 5.80. The molecule has 0 aliphatic heterocycles. The van der Waals surface area contributed by atoms with Gasteiger partial charge in [0.25, 0.3) is 5.91 Å². The van der Waals surface area contributed by atoms with Crippen LogP contribution in [0.15, 0.2) is 36.4 Å². The first-order valence-electron chi connectivity index (χ1n) is 5.85. The molecule has 7 heteroatoms. The van der Waals surface area contributed by atoms with Crippen molar-refractivity contribution in [3.8, 4) is 0 Å². The highest BCUT2D eigenvalue weighted by molar-refractivity contribution is 6.34. The van der Waals surface area contributed by atoms with E-state index in [2.05, 4.69) is 5.32 Å². The van der Waals surface area contributed by atoms with Crippen molar-refractivity contribution < 1.29 is 14.0 Å². The monoisotopic (exact) mass is 307 g/mol. The highest BCUT2D eigenvalue weighted by atomic mass is 35.5. The van der Waals surface area contributed by atoms with Gasteiger partial charge in [-0.1, -0.05) is 17.7 Å². The first-order valence-corrected chi connectivity index (χ1v) is 6.22. The molecule has 21 heavy (non-hydrogen) atoms. The maximum atomic E-state index is 13.3. The average molecular weight is 308 g/mol. The van der Waals surface area contributed by atoms with Gasteiger partial charge in [0.15, 0.2) is 0 Å². The molecular weight excluding hydrogens is 297 g/mol. The third kappa shape index (κ3) is 3.11. The third-order valence-corrected chi connectivity index (χ3v) is 3.13. The molecule has 0 aliphatic rings. The lowest BCUT2D eigenvalue weighted by atomic mass is 10.1. The van der Waals surface area contributed by atoms with E-state index in [-0.39, 0.29) is 27.5 Å². The average Bonchev–Trinajstić information content (AvgIpc) is 2.43. The number of rotatable bonds is 3. The molecule has 0 saturated carbocycles. The second-order valence-corrected chi connectivity index (χ2v) is 4.62. The molecule has 5 N–H and O–H groups in total. The van der Waals surface area contributed by atoms with Crippen LogP contribution in [0, 0.1) is 5.82 Å². The van der Waals surface area contributed by atoms with Crippen molar-refractivity contribution in [2.75, 3.05) is 11.1 Å². The number of nitrogens with two attached hydrogens (primary N) is 2. The van der Waals surface area contributed by atoms with Crippen LogP contribution >= 0.6 is 11.6 Å². The first-order chi connectivity index (χ1) is 9.90. The van der Waals surface area contributed by atoms with E-state index < -0.39 is 17.6 Å². The fraction of sp³-hybridized carbons (Fsp3) is 0. The predicted octanol–water partition coefficient (Wildman–Crippen LogP) is 2.41. The molecule has 5 nitrogen and oxygen atoms in total. The van der Waals surface area contributed by atoms with Crippen molar-refractivity contribution in [1.29, 1.82) is 0 Å². The second-order valence-electron chi connectivity index (χ2n) is 4.21. The van der Waals surface area contributed by atoms with E-state index in [0.29, 0.717) is 0 Å². The van der Waals surface area contributed by atoms with E-state index in [9.17, 15) is 14.0 Å². The van der Waals surface area contributed by atoms with Crippen LogP contribution < -0.4 is 16.8 Å². The van der Waals surface area contributed by atoms with Gasteiger partial charge in [-0.2, -0.15) is 0 Å². The zero-order chi connectivity index (χ0) is 15.6. The number of carbonyl (C=O) groups excluding carboxylic acids is 2. The fourth-order valence-corrected chi connectivity index (χ4v) is 1.86. The van der Waals surface area contributed by atoms with E-state index in [1.165, 1.54) is 30.3 Å². The zero-order valence-corrected chi connectivity index (χ0v) is 11.4. The number of carbonyl (C=O) groups is 2. The lowest BCUT2D eigenvalue weighted by Gasteiger charge is -2.10. The summed E-state index contributed by atoms with van der Waals surface area (Å²) in [5, 5.41) is 2.68. The normalized spacial score (nSPS) is 10.2. The van der Waals surface area contributed by atoms with Gasteiger partial charge in [0.05, 0.1) is 22.0 Å². The SMILES string of the molecule is NC(=O)c1ccc(Cl)c(NC(=O)c2cccc(F)c2N)c1. The van der Waals surface area contributed by atoms with Crippen LogP contribution in [0.4, 0.5) is 15.8 Å². The largest absolute Gasteiger partial charge is 0.396 e. The number of primary amides is 1. The Morgan fingerprint density at radius 3 is 2.57 bits per heavy atom. The highest BCUT2D eigenvalue weighted by Gasteiger charge is 2.15. The fourth-order valence-electron chi connectivity index (χ4n) is 1.70. The molecule has 0 fully saturated rings. The molecule has 0 atom stereocenters. The predicted molar refractivity (Wildman–Crippen MR) is 78.7 cm³/mol. The van der Waals surface area contributed by atoms with Crippen molar-refractivity contribution in [3.05, 3.63) is 58.4 Å². The summed E-state index contributed by atoms with van der Waals surface area (Å²) in [4.78, 5) is 23.2. The topological polar surface area (TPSA) is 98.2 Å². The number of benzene rings is 2. The molecule has 0 saturated heterocycles. The van der Waals surface area contributed by atoms with Crippen LogP contribution in [0.3, 0.4) is 0 Å². The lowest BCUT2D eigenvalue weighted by molar-refractivity contribution is 0.0996. The molecular formula is C14H11ClFN3O2. The Labute approximate surface area is 124 Å². The van der Waals surface area contributed by atoms with Crippen molar-refractivity contribution in [2.45, 2.75) is 0 Å². The minimum atomic E-state index is -0.695. The van der Waals surface area contributed by atoms with Crippen LogP contribution in [-0.4, -0.2) is 11.8 Å². The summed E-state index contributed by atoms with van der Waals surface area (Å²) in [6, 6.07) is 8.07. The molecule has 0 radical (unpaired) electrons. The van der Waals surface area contributed by atoms with E-state index in [1.54, 1.807) is 0 Å². The minimum absolute atomic E-state index is 0.0319. The van der Waals surface area contributed by atoms with Gasteiger partial charge in [-0.05, 0) is 30.3 Å². The Balaban J connectivity index is 2.33. The number of hydrogen-bond donors (Lipinski definition) is 3. The summed E-state index contributed by atoms with van der Waals surface area (Å²) >= 11 is 5.93. The standard InChI is InChI=1S/C14H11ClFN3O2/c15-9-5-4-7(13(18)20)6-11(9)19-14(21)8-2-1-3-10(16)12(8)17/h1-6H,17H2,(H2,18,20)(H,19,21). The first kappa shape index (κ1) is 14.8. The summed E-state index contributed by atoms with van der Waals surface area (Å²) in [6.45, 7) is 0. The van der Waals surface area contributed by atoms with Gasteiger partial charge in [-0.25, -0.2) is 4.39 Å². The van der Waals surface area contributed by atoms with Crippen molar-refractivity contribution in [2.24, 2.45) is 5.73 Å². The van der Waals surface area contributed by atoms with Crippen LogP contribution in [0.25, 0.3) is 0 Å². The third-order valence-electron chi connectivity index (χ3n) is 2.80. The van der Waals surface area contributed by atoms with Crippen molar-refractivity contribution in [3.63, 3.8) is 0 Å². The van der Waals surface area contributed by atoms with Gasteiger partial charge in [0.2, 0.25) is 5.91 Å². The van der Waals surface area contributed by atoms with Crippen LogP contribution in [-0.2, 0) is 0 Å². The Kier molecular flexibility index (Phi) is 4.09. The Bertz CT molecular complexity index is 734. The number of nitrogens with one attached hydrogen (secondary N) is 1. The molecule has 2 aromatic carbocycles. The summed E-state index contributed by atoms with van der Waals surface area (Å²) in [5.74, 6) is -2.00. The molecule has 108 valence electrons. The number of halogens is 2. The maximum Gasteiger partial charge on any atom is 0.257 e. The number of nitrogen functional groups attached to an aromatic ring is 1. The van der Waals surface area contributed by atoms with Crippen molar-refractivity contribution in [1.82, 2.24) is 0 Å². The molecule has 0 aliphatic carbocycles. The molecule has 0 bridgehead atoms.